The number of methoxy groups -OCH3 is 1. The third-order valence-corrected chi connectivity index (χ3v) is 3.63. The second-order valence-electron chi connectivity index (χ2n) is 4.66. The minimum Gasteiger partial charge on any atom is -0.464 e. The van der Waals surface area contributed by atoms with Gasteiger partial charge < -0.3 is 15.0 Å². The first-order chi connectivity index (χ1) is 7.51. The lowest BCUT2D eigenvalue weighted by Crippen LogP contribution is -2.31. The van der Waals surface area contributed by atoms with E-state index in [1.807, 2.05) is 30.8 Å². The van der Waals surface area contributed by atoms with Gasteiger partial charge in [0, 0.05) is 24.7 Å². The van der Waals surface area contributed by atoms with Crippen LogP contribution in [0.5, 0.6) is 0 Å². The highest BCUT2D eigenvalue weighted by Gasteiger charge is 2.48. The minimum absolute atomic E-state index is 0.0873. The predicted octanol–water partition coefficient (Wildman–Crippen LogP) is 1.19. The van der Waals surface area contributed by atoms with E-state index < -0.39 is 0 Å². The van der Waals surface area contributed by atoms with Gasteiger partial charge in [0.25, 0.3) is 0 Å². The quantitative estimate of drug-likeness (QED) is 0.781. The van der Waals surface area contributed by atoms with Crippen molar-refractivity contribution in [3.63, 3.8) is 0 Å². The Morgan fingerprint density at radius 2 is 2.25 bits per heavy atom. The molecule has 88 valence electrons. The molecule has 1 saturated carbocycles. The summed E-state index contributed by atoms with van der Waals surface area (Å²) >= 11 is 0. The van der Waals surface area contributed by atoms with Crippen LogP contribution in [-0.2, 0) is 17.2 Å². The van der Waals surface area contributed by atoms with Crippen molar-refractivity contribution >= 4 is 5.97 Å². The molecule has 1 unspecified atom stereocenters. The maximum atomic E-state index is 11.5. The number of nitrogens with zero attached hydrogens (tertiary/aromatic N) is 1. The Hall–Kier alpha value is -1.29. The molecule has 4 nitrogen and oxygen atoms in total. The van der Waals surface area contributed by atoms with Gasteiger partial charge in [-0.15, -0.1) is 0 Å². The number of carbonyl (C=O) groups is 1. The molecule has 1 aromatic rings. The SMILES string of the molecule is COC(=O)c1cc(C2(C(C)N)CC2)cn1C. The number of aryl methyl sites for hydroxylation is 1. The van der Waals surface area contributed by atoms with Crippen molar-refractivity contribution in [1.29, 1.82) is 0 Å². The Labute approximate surface area is 95.4 Å². The van der Waals surface area contributed by atoms with E-state index in [0.717, 1.165) is 18.4 Å². The lowest BCUT2D eigenvalue weighted by molar-refractivity contribution is 0.0590. The van der Waals surface area contributed by atoms with Gasteiger partial charge >= 0.3 is 5.97 Å². The lowest BCUT2D eigenvalue weighted by Gasteiger charge is -2.17. The molecule has 1 aliphatic rings. The van der Waals surface area contributed by atoms with Crippen molar-refractivity contribution in [2.45, 2.75) is 31.2 Å². The number of rotatable bonds is 3. The fourth-order valence-corrected chi connectivity index (χ4v) is 2.29. The summed E-state index contributed by atoms with van der Waals surface area (Å²) in [5.41, 5.74) is 7.84. The fourth-order valence-electron chi connectivity index (χ4n) is 2.29. The molecule has 2 N–H and O–H groups in total. The van der Waals surface area contributed by atoms with Crippen LogP contribution in [0.25, 0.3) is 0 Å². The van der Waals surface area contributed by atoms with Crippen LogP contribution in [0.1, 0.15) is 35.8 Å². The van der Waals surface area contributed by atoms with Gasteiger partial charge in [0.15, 0.2) is 0 Å². The Balaban J connectivity index is 2.35. The van der Waals surface area contributed by atoms with Crippen molar-refractivity contribution in [2.75, 3.05) is 7.11 Å². The molecule has 0 amide bonds. The van der Waals surface area contributed by atoms with Crippen LogP contribution < -0.4 is 5.73 Å². The summed E-state index contributed by atoms with van der Waals surface area (Å²) in [5.74, 6) is -0.297. The Kier molecular flexibility index (Phi) is 2.54. The summed E-state index contributed by atoms with van der Waals surface area (Å²) in [6.07, 6.45) is 4.20. The number of carbonyl (C=O) groups excluding carboxylic acids is 1. The smallest absolute Gasteiger partial charge is 0.354 e. The molecule has 2 rings (SSSR count). The second kappa shape index (κ2) is 3.63. The van der Waals surface area contributed by atoms with E-state index in [9.17, 15) is 4.79 Å². The van der Waals surface area contributed by atoms with Crippen LogP contribution >= 0.6 is 0 Å². The van der Waals surface area contributed by atoms with Crippen molar-refractivity contribution in [3.05, 3.63) is 23.5 Å². The Bertz CT molecular complexity index is 417. The molecule has 1 aromatic heterocycles. The molecule has 0 aliphatic heterocycles. The summed E-state index contributed by atoms with van der Waals surface area (Å²) in [6, 6.07) is 2.03. The minimum atomic E-state index is -0.297. The van der Waals surface area contributed by atoms with Crippen LogP contribution in [0, 0.1) is 0 Å². The Morgan fingerprint density at radius 3 is 2.69 bits per heavy atom. The zero-order chi connectivity index (χ0) is 11.9. The van der Waals surface area contributed by atoms with Crippen LogP contribution in [-0.4, -0.2) is 23.7 Å². The zero-order valence-electron chi connectivity index (χ0n) is 9.99. The fraction of sp³-hybridized carbons (Fsp3) is 0.583. The van der Waals surface area contributed by atoms with Gasteiger partial charge in [0.2, 0.25) is 0 Å². The van der Waals surface area contributed by atoms with E-state index in [2.05, 4.69) is 0 Å². The summed E-state index contributed by atoms with van der Waals surface area (Å²) in [7, 11) is 3.25. The van der Waals surface area contributed by atoms with Crippen LogP contribution in [0.3, 0.4) is 0 Å². The molecule has 1 heterocycles. The van der Waals surface area contributed by atoms with Gasteiger partial charge in [-0.2, -0.15) is 0 Å². The first-order valence-electron chi connectivity index (χ1n) is 5.52. The van der Waals surface area contributed by atoms with Gasteiger partial charge in [-0.25, -0.2) is 4.79 Å². The van der Waals surface area contributed by atoms with Gasteiger partial charge in [-0.05, 0) is 31.4 Å². The highest BCUT2D eigenvalue weighted by atomic mass is 16.5. The van der Waals surface area contributed by atoms with Crippen LogP contribution in [0.4, 0.5) is 0 Å². The number of nitrogens with two attached hydrogens (primary N) is 1. The summed E-state index contributed by atoms with van der Waals surface area (Å²) in [4.78, 5) is 11.5. The number of esters is 1. The number of hydrogen-bond donors (Lipinski definition) is 1. The number of ether oxygens (including phenoxy) is 1. The highest BCUT2D eigenvalue weighted by molar-refractivity contribution is 5.88. The summed E-state index contributed by atoms with van der Waals surface area (Å²) < 4.78 is 6.54. The molecule has 1 aliphatic carbocycles. The summed E-state index contributed by atoms with van der Waals surface area (Å²) in [5, 5.41) is 0. The van der Waals surface area contributed by atoms with Crippen molar-refractivity contribution in [1.82, 2.24) is 4.57 Å². The first-order valence-corrected chi connectivity index (χ1v) is 5.52. The predicted molar refractivity (Wildman–Crippen MR) is 61.3 cm³/mol. The van der Waals surface area contributed by atoms with Gasteiger partial charge in [0.1, 0.15) is 5.69 Å². The van der Waals surface area contributed by atoms with Gasteiger partial charge in [-0.3, -0.25) is 0 Å². The van der Waals surface area contributed by atoms with Gasteiger partial charge in [0.05, 0.1) is 7.11 Å². The molecule has 0 saturated heterocycles. The third kappa shape index (κ3) is 1.53. The Morgan fingerprint density at radius 1 is 1.62 bits per heavy atom. The standard InChI is InChI=1S/C12H18N2O2/c1-8(13)12(4-5-12)9-6-10(11(15)16-3)14(2)7-9/h6-8H,4-5,13H2,1-3H3. The zero-order valence-corrected chi connectivity index (χ0v) is 9.99. The van der Waals surface area contributed by atoms with E-state index in [1.165, 1.54) is 7.11 Å². The molecule has 1 fully saturated rings. The highest BCUT2D eigenvalue weighted by Crippen LogP contribution is 2.50. The van der Waals surface area contributed by atoms with E-state index in [-0.39, 0.29) is 17.4 Å². The number of hydrogen-bond acceptors (Lipinski definition) is 3. The van der Waals surface area contributed by atoms with Gasteiger partial charge in [-0.1, -0.05) is 0 Å². The molecule has 0 bridgehead atoms. The second-order valence-corrected chi connectivity index (χ2v) is 4.66. The number of aromatic nitrogens is 1. The summed E-state index contributed by atoms with van der Waals surface area (Å²) in [6.45, 7) is 2.03. The average Bonchev–Trinajstić information content (AvgIpc) is 2.97. The maximum absolute atomic E-state index is 11.5. The topological polar surface area (TPSA) is 57.2 Å². The maximum Gasteiger partial charge on any atom is 0.354 e. The largest absolute Gasteiger partial charge is 0.464 e. The first kappa shape index (κ1) is 11.2. The van der Waals surface area contributed by atoms with E-state index in [0.29, 0.717) is 5.69 Å². The molecule has 4 heteroatoms. The van der Waals surface area contributed by atoms with Crippen molar-refractivity contribution in [2.24, 2.45) is 12.8 Å². The lowest BCUT2D eigenvalue weighted by atomic mass is 9.91. The van der Waals surface area contributed by atoms with Crippen molar-refractivity contribution in [3.8, 4) is 0 Å². The van der Waals surface area contributed by atoms with Crippen LogP contribution in [0.15, 0.2) is 12.3 Å². The normalized spacial score (nSPS) is 19.2. The monoisotopic (exact) mass is 222 g/mol. The molecule has 0 aromatic carbocycles. The molecule has 16 heavy (non-hydrogen) atoms. The molecule has 0 radical (unpaired) electrons. The van der Waals surface area contributed by atoms with E-state index in [1.54, 1.807) is 0 Å². The average molecular weight is 222 g/mol. The van der Waals surface area contributed by atoms with Crippen LogP contribution in [0.2, 0.25) is 0 Å². The van der Waals surface area contributed by atoms with E-state index >= 15 is 0 Å². The molecule has 1 atom stereocenters. The van der Waals surface area contributed by atoms with E-state index in [4.69, 9.17) is 10.5 Å². The third-order valence-electron chi connectivity index (χ3n) is 3.63. The van der Waals surface area contributed by atoms with Crippen molar-refractivity contribution < 1.29 is 9.53 Å². The molecule has 0 spiro atoms. The molecular weight excluding hydrogens is 204 g/mol. The molecular formula is C12H18N2O2.